The number of hydrogen-bond acceptors (Lipinski definition) is 18. The van der Waals surface area contributed by atoms with Crippen LogP contribution in [0.15, 0.2) is 72.9 Å². The minimum absolute atomic E-state index is 0.224. The van der Waals surface area contributed by atoms with Gasteiger partial charge in [0.25, 0.3) is 0 Å². The van der Waals surface area contributed by atoms with E-state index >= 15 is 0 Å². The Bertz CT molecular complexity index is 1950. The van der Waals surface area contributed by atoms with E-state index in [0.717, 1.165) is 70.6 Å². The molecule has 0 aliphatic carbocycles. The Kier molecular flexibility index (Phi) is 49.2. The lowest BCUT2D eigenvalue weighted by molar-refractivity contribution is -0.379. The van der Waals surface area contributed by atoms with Crippen LogP contribution in [-0.4, -0.2) is 193 Å². The van der Waals surface area contributed by atoms with Crippen LogP contribution in [0.1, 0.15) is 251 Å². The molecule has 0 aromatic heterocycles. The van der Waals surface area contributed by atoms with Crippen molar-refractivity contribution in [2.24, 2.45) is 0 Å². The van der Waals surface area contributed by atoms with Gasteiger partial charge < -0.3 is 89.9 Å². The smallest absolute Gasteiger partial charge is 0.220 e. The minimum atomic E-state index is -1.99. The Morgan fingerprint density at radius 3 is 1.16 bits per heavy atom. The van der Waals surface area contributed by atoms with Crippen molar-refractivity contribution >= 4 is 5.91 Å². The quantitative estimate of drug-likeness (QED) is 0.0199. The van der Waals surface area contributed by atoms with Crippen LogP contribution in [0.3, 0.4) is 0 Å². The van der Waals surface area contributed by atoms with Crippen molar-refractivity contribution in [3.05, 3.63) is 72.9 Å². The third-order valence-corrected chi connectivity index (χ3v) is 17.7. The normalized spacial score (nSPS) is 28.1. The number of nitrogens with one attached hydrogen (secondary N) is 1. The summed E-state index contributed by atoms with van der Waals surface area (Å²) in [6, 6.07) is -1.00. The van der Waals surface area contributed by atoms with Gasteiger partial charge in [0.05, 0.1) is 38.6 Å². The van der Waals surface area contributed by atoms with Crippen molar-refractivity contribution < 1.29 is 89.4 Å². The first-order valence-electron chi connectivity index (χ1n) is 36.2. The molecule has 3 rings (SSSR count). The Morgan fingerprint density at radius 1 is 0.391 bits per heavy atom. The van der Waals surface area contributed by atoms with Crippen molar-refractivity contribution in [1.82, 2.24) is 5.32 Å². The number of rotatable bonds is 55. The average molecular weight is 1310 g/mol. The van der Waals surface area contributed by atoms with Gasteiger partial charge in [-0.25, -0.2) is 0 Å². The van der Waals surface area contributed by atoms with Gasteiger partial charge in [-0.05, 0) is 83.5 Å². The van der Waals surface area contributed by atoms with E-state index in [4.69, 9.17) is 28.4 Å². The standard InChI is InChI=1S/C73H129NO18/c1-3-5-7-9-11-13-15-17-19-21-23-25-27-28-29-31-33-35-37-39-41-43-45-47-49-51-61(79)74-56(57(78)50-48-46-44-42-40-38-36-34-32-30-26-24-22-20-18-16-14-12-10-8-6-4-2)55-87-71-67(85)64(82)69(59(53-76)89-71)92-73-68(86)65(83)70(60(54-77)90-73)91-72-66(84)63(81)62(80)58(52-75)88-72/h15,17,21,23,27-28,32,34,40,42,48,50,56-60,62-73,75-78,80-86H,3-14,16,18-20,22,24-26,29-31,33,35-39,41,43-47,49,51-55H2,1-2H3,(H,74,79)/b17-15-,23-21-,28-27-,34-32+,42-40+,50-48+. The van der Waals surface area contributed by atoms with E-state index in [1.54, 1.807) is 6.08 Å². The molecule has 0 spiro atoms. The Morgan fingerprint density at radius 2 is 0.728 bits per heavy atom. The van der Waals surface area contributed by atoms with E-state index in [1.807, 2.05) is 6.08 Å². The van der Waals surface area contributed by atoms with Crippen LogP contribution in [0.2, 0.25) is 0 Å². The Hall–Kier alpha value is -2.77. The molecule has 3 aliphatic rings. The summed E-state index contributed by atoms with van der Waals surface area (Å²) < 4.78 is 34.3. The Balaban J connectivity index is 1.45. The fourth-order valence-corrected chi connectivity index (χ4v) is 11.8. The number of ether oxygens (including phenoxy) is 6. The highest BCUT2D eigenvalue weighted by Gasteiger charge is 2.53. The molecule has 0 aromatic carbocycles. The number of unbranched alkanes of at least 4 members (excludes halogenated alkanes) is 29. The van der Waals surface area contributed by atoms with Crippen molar-refractivity contribution in [3.63, 3.8) is 0 Å². The van der Waals surface area contributed by atoms with E-state index in [1.165, 1.54) is 148 Å². The molecule has 534 valence electrons. The highest BCUT2D eigenvalue weighted by Crippen LogP contribution is 2.33. The number of carbonyl (C=O) groups excluding carboxylic acids is 1. The van der Waals surface area contributed by atoms with Gasteiger partial charge in [0.1, 0.15) is 73.2 Å². The van der Waals surface area contributed by atoms with Crippen molar-refractivity contribution in [3.8, 4) is 0 Å². The van der Waals surface area contributed by atoms with Crippen LogP contribution in [-0.2, 0) is 33.2 Å². The molecule has 17 atom stereocenters. The molecule has 92 heavy (non-hydrogen) atoms. The summed E-state index contributed by atoms with van der Waals surface area (Å²) in [5, 5.41) is 121. The minimum Gasteiger partial charge on any atom is -0.394 e. The topological polar surface area (TPSA) is 307 Å². The van der Waals surface area contributed by atoms with Crippen LogP contribution in [0.4, 0.5) is 0 Å². The van der Waals surface area contributed by atoms with Gasteiger partial charge in [-0.15, -0.1) is 0 Å². The van der Waals surface area contributed by atoms with Crippen molar-refractivity contribution in [2.75, 3.05) is 26.4 Å². The molecule has 0 saturated carbocycles. The maximum atomic E-state index is 13.4. The summed E-state index contributed by atoms with van der Waals surface area (Å²) in [4.78, 5) is 13.4. The lowest BCUT2D eigenvalue weighted by Crippen LogP contribution is -2.66. The predicted molar refractivity (Wildman–Crippen MR) is 360 cm³/mol. The van der Waals surface area contributed by atoms with Crippen LogP contribution in [0, 0.1) is 0 Å². The van der Waals surface area contributed by atoms with Crippen molar-refractivity contribution in [2.45, 2.75) is 356 Å². The largest absolute Gasteiger partial charge is 0.394 e. The first kappa shape index (κ1) is 83.5. The predicted octanol–water partition coefficient (Wildman–Crippen LogP) is 10.1. The lowest BCUT2D eigenvalue weighted by Gasteiger charge is -2.48. The number of carbonyl (C=O) groups is 1. The molecule has 17 unspecified atom stereocenters. The number of allylic oxidation sites excluding steroid dienone is 11. The second-order valence-corrected chi connectivity index (χ2v) is 25.7. The number of aliphatic hydroxyl groups is 11. The summed E-state index contributed by atoms with van der Waals surface area (Å²) in [7, 11) is 0. The third kappa shape index (κ3) is 35.5. The van der Waals surface area contributed by atoms with Gasteiger partial charge in [0.2, 0.25) is 5.91 Å². The molecule has 3 heterocycles. The molecule has 3 aliphatic heterocycles. The second-order valence-electron chi connectivity index (χ2n) is 25.7. The molecular formula is C73H129NO18. The molecule has 12 N–H and O–H groups in total. The number of aliphatic hydroxyl groups excluding tert-OH is 11. The Labute approximate surface area is 553 Å². The van der Waals surface area contributed by atoms with Gasteiger partial charge in [-0.3, -0.25) is 4.79 Å². The SMILES string of the molecule is CCCCCCC/C=C\C/C=C\C/C=C\CCCCCCCCCCCCC(=O)NC(COC1OC(CO)C(OC2OC(CO)C(OC3OC(CO)C(O)C(O)C3O)C(O)C2O)C(O)C1O)C(O)/C=C/CC/C=C/CC/C=C/CCCCCCCCCCCCCC. The second kappa shape index (κ2) is 54.3. The maximum Gasteiger partial charge on any atom is 0.220 e. The molecule has 19 nitrogen and oxygen atoms in total. The summed E-state index contributed by atoms with van der Waals surface area (Å²) in [5.41, 5.74) is 0. The van der Waals surface area contributed by atoms with Crippen LogP contribution in [0.25, 0.3) is 0 Å². The van der Waals surface area contributed by atoms with E-state index in [0.29, 0.717) is 12.8 Å². The fraction of sp³-hybridized carbons (Fsp3) is 0.822. The van der Waals surface area contributed by atoms with Crippen LogP contribution in [0.5, 0.6) is 0 Å². The molecule has 19 heteroatoms. The zero-order chi connectivity index (χ0) is 66.8. The molecule has 0 bridgehead atoms. The van der Waals surface area contributed by atoms with E-state index < -0.39 is 124 Å². The molecular weight excluding hydrogens is 1180 g/mol. The molecule has 1 amide bonds. The lowest BCUT2D eigenvalue weighted by atomic mass is 9.96. The molecule has 3 saturated heterocycles. The van der Waals surface area contributed by atoms with Gasteiger partial charge in [0, 0.05) is 6.42 Å². The summed E-state index contributed by atoms with van der Waals surface area (Å²) in [6.07, 6.45) is 41.6. The van der Waals surface area contributed by atoms with E-state index in [2.05, 4.69) is 79.9 Å². The first-order chi connectivity index (χ1) is 44.8. The fourth-order valence-electron chi connectivity index (χ4n) is 11.8. The maximum absolute atomic E-state index is 13.4. The monoisotopic (exact) mass is 1310 g/mol. The third-order valence-electron chi connectivity index (χ3n) is 17.7. The summed E-state index contributed by atoms with van der Waals surface area (Å²) >= 11 is 0. The highest BCUT2D eigenvalue weighted by atomic mass is 16.8. The van der Waals surface area contributed by atoms with Gasteiger partial charge >= 0.3 is 0 Å². The van der Waals surface area contributed by atoms with E-state index in [9.17, 15) is 61.0 Å². The average Bonchev–Trinajstić information content (AvgIpc) is 0.837. The zero-order valence-electron chi connectivity index (χ0n) is 56.5. The summed E-state index contributed by atoms with van der Waals surface area (Å²) in [6.45, 7) is 1.70. The van der Waals surface area contributed by atoms with Crippen LogP contribution >= 0.6 is 0 Å². The van der Waals surface area contributed by atoms with E-state index in [-0.39, 0.29) is 18.9 Å². The first-order valence-corrected chi connectivity index (χ1v) is 36.2. The van der Waals surface area contributed by atoms with Gasteiger partial charge in [-0.1, -0.05) is 234 Å². The number of amides is 1. The molecule has 0 aromatic rings. The zero-order valence-corrected chi connectivity index (χ0v) is 56.5. The summed E-state index contributed by atoms with van der Waals surface area (Å²) in [5.74, 6) is -0.294. The highest BCUT2D eigenvalue weighted by molar-refractivity contribution is 5.76. The van der Waals surface area contributed by atoms with Gasteiger partial charge in [0.15, 0.2) is 18.9 Å². The van der Waals surface area contributed by atoms with Crippen LogP contribution < -0.4 is 5.32 Å². The number of hydrogen-bond donors (Lipinski definition) is 12. The van der Waals surface area contributed by atoms with Crippen molar-refractivity contribution in [1.29, 1.82) is 0 Å². The molecule has 0 radical (unpaired) electrons. The van der Waals surface area contributed by atoms with Gasteiger partial charge in [-0.2, -0.15) is 0 Å². The molecule has 3 fully saturated rings.